The lowest BCUT2D eigenvalue weighted by molar-refractivity contribution is 0.00987. The Morgan fingerprint density at radius 1 is 1.05 bits per heavy atom. The summed E-state index contributed by atoms with van der Waals surface area (Å²) < 4.78 is 56.1. The van der Waals surface area contributed by atoms with Crippen LogP contribution in [-0.4, -0.2) is 23.9 Å². The van der Waals surface area contributed by atoms with Crippen molar-refractivity contribution in [3.63, 3.8) is 0 Å². The molecule has 3 aliphatic rings. The fourth-order valence-electron chi connectivity index (χ4n) is 6.28. The third-order valence-corrected chi connectivity index (χ3v) is 8.62. The maximum atomic E-state index is 15.2. The van der Waals surface area contributed by atoms with Crippen molar-refractivity contribution >= 4 is 0 Å². The van der Waals surface area contributed by atoms with Crippen molar-refractivity contribution in [3.8, 4) is 5.75 Å². The summed E-state index contributed by atoms with van der Waals surface area (Å²) in [5.41, 5.74) is 1.29. The van der Waals surface area contributed by atoms with Gasteiger partial charge in [0.2, 0.25) is 0 Å². The summed E-state index contributed by atoms with van der Waals surface area (Å²) >= 11 is 0. The molecule has 4 rings (SSSR count). The molecular formula is C31H41F3O3. The molecule has 1 aromatic carbocycles. The highest BCUT2D eigenvalue weighted by Crippen LogP contribution is 2.46. The second kappa shape index (κ2) is 13.1. The van der Waals surface area contributed by atoms with E-state index < -0.39 is 17.5 Å². The van der Waals surface area contributed by atoms with Gasteiger partial charge >= 0.3 is 0 Å². The summed E-state index contributed by atoms with van der Waals surface area (Å²) in [5.74, 6) is -1.29. The summed E-state index contributed by atoms with van der Waals surface area (Å²) in [6.45, 7) is 6.14. The van der Waals surface area contributed by atoms with Crippen LogP contribution in [0.3, 0.4) is 0 Å². The zero-order valence-corrected chi connectivity index (χ0v) is 21.9. The van der Waals surface area contributed by atoms with E-state index in [0.29, 0.717) is 31.6 Å². The third kappa shape index (κ3) is 7.08. The molecule has 2 saturated carbocycles. The molecule has 0 bridgehead atoms. The van der Waals surface area contributed by atoms with Gasteiger partial charge in [0.05, 0.1) is 25.4 Å². The number of aliphatic hydroxyl groups excluding tert-OH is 1. The van der Waals surface area contributed by atoms with Crippen molar-refractivity contribution in [1.82, 2.24) is 0 Å². The maximum Gasteiger partial charge on any atom is 0.165 e. The summed E-state index contributed by atoms with van der Waals surface area (Å²) in [4.78, 5) is 0. The average molecular weight is 519 g/mol. The van der Waals surface area contributed by atoms with Crippen molar-refractivity contribution in [3.05, 3.63) is 65.5 Å². The fraction of sp³-hybridized carbons (Fsp3) is 0.613. The summed E-state index contributed by atoms with van der Waals surface area (Å²) in [6, 6.07) is 4.87. The Morgan fingerprint density at radius 3 is 2.43 bits per heavy atom. The molecule has 2 fully saturated rings. The first-order chi connectivity index (χ1) is 17.9. The van der Waals surface area contributed by atoms with Crippen LogP contribution in [0.1, 0.15) is 76.7 Å². The lowest BCUT2D eigenvalue weighted by Gasteiger charge is -2.36. The molecule has 204 valence electrons. The van der Waals surface area contributed by atoms with Crippen molar-refractivity contribution < 1.29 is 27.8 Å². The Bertz CT molecular complexity index is 970. The Hall–Kier alpha value is -2.05. The van der Waals surface area contributed by atoms with Crippen LogP contribution >= 0.6 is 0 Å². The second-order valence-corrected chi connectivity index (χ2v) is 11.1. The van der Waals surface area contributed by atoms with Crippen LogP contribution in [0.25, 0.3) is 0 Å². The monoisotopic (exact) mass is 518 g/mol. The van der Waals surface area contributed by atoms with Crippen LogP contribution < -0.4 is 4.74 Å². The SMILES string of the molecule is C=CCCOc1ccc(COC2CCC(C3=CCC(C4CCC(C(C)O)CC4)C(F)=C3F)CC2)cc1F. The number of ether oxygens (including phenoxy) is 2. The molecule has 0 amide bonds. The molecule has 3 nitrogen and oxygen atoms in total. The smallest absolute Gasteiger partial charge is 0.165 e. The van der Waals surface area contributed by atoms with Gasteiger partial charge in [0.1, 0.15) is 5.83 Å². The van der Waals surface area contributed by atoms with Gasteiger partial charge in [0, 0.05) is 5.92 Å². The minimum atomic E-state index is -0.635. The Morgan fingerprint density at radius 2 is 1.78 bits per heavy atom. The number of allylic oxidation sites excluding steroid dienone is 4. The van der Waals surface area contributed by atoms with E-state index in [0.717, 1.165) is 56.9 Å². The summed E-state index contributed by atoms with van der Waals surface area (Å²) in [7, 11) is 0. The zero-order valence-electron chi connectivity index (χ0n) is 21.9. The van der Waals surface area contributed by atoms with Gasteiger partial charge in [-0.1, -0.05) is 18.2 Å². The lowest BCUT2D eigenvalue weighted by atomic mass is 9.70. The minimum Gasteiger partial charge on any atom is -0.490 e. The highest BCUT2D eigenvalue weighted by Gasteiger charge is 2.37. The predicted molar refractivity (Wildman–Crippen MR) is 140 cm³/mol. The number of benzene rings is 1. The zero-order chi connectivity index (χ0) is 26.4. The molecule has 1 aromatic rings. The fourth-order valence-corrected chi connectivity index (χ4v) is 6.28. The lowest BCUT2D eigenvalue weighted by Crippen LogP contribution is -2.29. The molecule has 2 unspecified atom stereocenters. The maximum absolute atomic E-state index is 15.2. The van der Waals surface area contributed by atoms with Crippen LogP contribution in [0.15, 0.2) is 54.2 Å². The van der Waals surface area contributed by atoms with E-state index in [2.05, 4.69) is 6.58 Å². The molecule has 3 aliphatic carbocycles. The number of rotatable bonds is 10. The van der Waals surface area contributed by atoms with Crippen molar-refractivity contribution in [2.45, 2.75) is 89.9 Å². The second-order valence-electron chi connectivity index (χ2n) is 11.1. The van der Waals surface area contributed by atoms with Crippen LogP contribution in [-0.2, 0) is 11.3 Å². The molecule has 6 heteroatoms. The molecule has 0 heterocycles. The topological polar surface area (TPSA) is 38.7 Å². The van der Waals surface area contributed by atoms with E-state index in [9.17, 15) is 9.50 Å². The standard InChI is InChI=1S/C31H41F3O3/c1-3-4-17-36-29-16-5-21(18-28(29)32)19-37-25-12-10-24(11-13-25)27-15-14-26(30(33)31(27)34)23-8-6-22(7-9-23)20(2)35/h3,5,15-16,18,20,22-26,35H,1,4,6-14,17,19H2,2H3. The molecule has 0 aromatic heterocycles. The number of hydrogen-bond donors (Lipinski definition) is 1. The molecule has 2 atom stereocenters. The third-order valence-electron chi connectivity index (χ3n) is 8.62. The molecule has 0 aliphatic heterocycles. The Balaban J connectivity index is 1.24. The van der Waals surface area contributed by atoms with Crippen LogP contribution in [0.4, 0.5) is 13.2 Å². The van der Waals surface area contributed by atoms with Gasteiger partial charge in [-0.3, -0.25) is 0 Å². The molecule has 0 saturated heterocycles. The largest absolute Gasteiger partial charge is 0.490 e. The molecule has 1 N–H and O–H groups in total. The van der Waals surface area contributed by atoms with Crippen molar-refractivity contribution in [1.29, 1.82) is 0 Å². The van der Waals surface area contributed by atoms with E-state index >= 15 is 8.78 Å². The van der Waals surface area contributed by atoms with E-state index in [-0.39, 0.29) is 41.6 Å². The van der Waals surface area contributed by atoms with Crippen molar-refractivity contribution in [2.24, 2.45) is 23.7 Å². The number of hydrogen-bond acceptors (Lipinski definition) is 3. The first kappa shape index (κ1) is 28.0. The summed E-state index contributed by atoms with van der Waals surface area (Å²) in [5, 5.41) is 9.83. The van der Waals surface area contributed by atoms with Gasteiger partial charge in [0.25, 0.3) is 0 Å². The van der Waals surface area contributed by atoms with Gasteiger partial charge in [0.15, 0.2) is 17.4 Å². The van der Waals surface area contributed by atoms with E-state index in [1.54, 1.807) is 18.2 Å². The molecule has 0 spiro atoms. The highest BCUT2D eigenvalue weighted by molar-refractivity contribution is 5.35. The quantitative estimate of drug-likeness (QED) is 0.251. The number of halogens is 3. The van der Waals surface area contributed by atoms with E-state index in [1.807, 2.05) is 13.0 Å². The molecular weight excluding hydrogens is 477 g/mol. The number of aliphatic hydroxyl groups is 1. The van der Waals surface area contributed by atoms with Gasteiger partial charge in [-0.05, 0) is 112 Å². The first-order valence-electron chi connectivity index (χ1n) is 13.9. The van der Waals surface area contributed by atoms with Gasteiger partial charge in [-0.15, -0.1) is 6.58 Å². The average Bonchev–Trinajstić information content (AvgIpc) is 2.91. The minimum absolute atomic E-state index is 0.0157. The Labute approximate surface area is 219 Å². The highest BCUT2D eigenvalue weighted by atomic mass is 19.2. The predicted octanol–water partition coefficient (Wildman–Crippen LogP) is 8.14. The van der Waals surface area contributed by atoms with Gasteiger partial charge < -0.3 is 14.6 Å². The Kier molecular flexibility index (Phi) is 9.94. The molecule has 37 heavy (non-hydrogen) atoms. The van der Waals surface area contributed by atoms with Gasteiger partial charge in [-0.2, -0.15) is 0 Å². The normalized spacial score (nSPS) is 29.5. The van der Waals surface area contributed by atoms with E-state index in [4.69, 9.17) is 9.47 Å². The van der Waals surface area contributed by atoms with Crippen LogP contribution in [0.5, 0.6) is 5.75 Å². The van der Waals surface area contributed by atoms with Crippen molar-refractivity contribution in [2.75, 3.05) is 6.61 Å². The first-order valence-corrected chi connectivity index (χ1v) is 13.9. The van der Waals surface area contributed by atoms with Gasteiger partial charge in [-0.25, -0.2) is 13.2 Å². The molecule has 0 radical (unpaired) electrons. The summed E-state index contributed by atoms with van der Waals surface area (Å²) in [6.07, 6.45) is 11.1. The van der Waals surface area contributed by atoms with Crippen LogP contribution in [0, 0.1) is 29.5 Å². The van der Waals surface area contributed by atoms with E-state index in [1.165, 1.54) is 6.07 Å². The van der Waals surface area contributed by atoms with Crippen LogP contribution in [0.2, 0.25) is 0 Å².